The van der Waals surface area contributed by atoms with Crippen LogP contribution in [0.3, 0.4) is 0 Å². The molecule has 5 aromatic carbocycles. The van der Waals surface area contributed by atoms with Gasteiger partial charge in [0.1, 0.15) is 0 Å². The SMILES string of the molecule is C1=CCCC(S(c2ccccc2)(c2cccc3c4ccccc4n(-c4ccccc4)c23)C2CC=CC(c3ccccc3)=N2)=C1. The first-order valence-electron chi connectivity index (χ1n) is 15.5. The molecular formula is C41H34N2S. The highest BCUT2D eigenvalue weighted by atomic mass is 32.3. The van der Waals surface area contributed by atoms with Crippen LogP contribution in [-0.4, -0.2) is 15.7 Å². The molecule has 44 heavy (non-hydrogen) atoms. The summed E-state index contributed by atoms with van der Waals surface area (Å²) in [7, 11) is -1.85. The first-order valence-corrected chi connectivity index (χ1v) is 17.2. The van der Waals surface area contributed by atoms with E-state index in [9.17, 15) is 0 Å². The van der Waals surface area contributed by atoms with Crippen molar-refractivity contribution in [1.82, 2.24) is 4.57 Å². The molecule has 1 aliphatic heterocycles. The first-order chi connectivity index (χ1) is 21.9. The minimum absolute atomic E-state index is 0.0516. The van der Waals surface area contributed by atoms with Gasteiger partial charge in [0.15, 0.2) is 0 Å². The smallest absolute Gasteiger partial charge is 0.0953 e. The number of rotatable bonds is 6. The lowest BCUT2D eigenvalue weighted by atomic mass is 10.1. The van der Waals surface area contributed by atoms with Crippen LogP contribution in [-0.2, 0) is 0 Å². The van der Waals surface area contributed by atoms with Crippen LogP contribution in [0.15, 0.2) is 184 Å². The number of hydrogen-bond donors (Lipinski definition) is 0. The van der Waals surface area contributed by atoms with E-state index in [1.54, 1.807) is 0 Å². The second-order valence-electron chi connectivity index (χ2n) is 11.4. The lowest BCUT2D eigenvalue weighted by Gasteiger charge is -2.49. The third kappa shape index (κ3) is 4.31. The van der Waals surface area contributed by atoms with Crippen LogP contribution in [0.25, 0.3) is 27.5 Å². The summed E-state index contributed by atoms with van der Waals surface area (Å²) in [6.45, 7) is 0. The van der Waals surface area contributed by atoms with Gasteiger partial charge in [-0.05, 0) is 77.1 Å². The van der Waals surface area contributed by atoms with Gasteiger partial charge in [-0.1, -0.05) is 121 Å². The van der Waals surface area contributed by atoms with E-state index in [0.29, 0.717) is 0 Å². The first kappa shape index (κ1) is 26.7. The van der Waals surface area contributed by atoms with Crippen LogP contribution in [0.4, 0.5) is 0 Å². The molecule has 3 heteroatoms. The molecule has 1 aromatic heterocycles. The summed E-state index contributed by atoms with van der Waals surface area (Å²) in [5.74, 6) is 0. The number of nitrogens with zero attached hydrogens (tertiary/aromatic N) is 2. The van der Waals surface area contributed by atoms with Crippen molar-refractivity contribution in [1.29, 1.82) is 0 Å². The fourth-order valence-electron chi connectivity index (χ4n) is 7.02. The van der Waals surface area contributed by atoms with Crippen LogP contribution in [0.1, 0.15) is 24.8 Å². The average molecular weight is 587 g/mol. The zero-order valence-corrected chi connectivity index (χ0v) is 25.4. The summed E-state index contributed by atoms with van der Waals surface area (Å²) >= 11 is 0. The number of para-hydroxylation sites is 3. The third-order valence-corrected chi connectivity index (χ3v) is 13.2. The minimum Gasteiger partial charge on any atom is -0.308 e. The Labute approximate surface area is 260 Å². The highest BCUT2D eigenvalue weighted by Crippen LogP contribution is 2.75. The van der Waals surface area contributed by atoms with Crippen LogP contribution in [0.5, 0.6) is 0 Å². The van der Waals surface area contributed by atoms with Crippen molar-refractivity contribution in [2.45, 2.75) is 34.4 Å². The van der Waals surface area contributed by atoms with Crippen molar-refractivity contribution in [3.05, 3.63) is 174 Å². The van der Waals surface area contributed by atoms with E-state index in [2.05, 4.69) is 168 Å². The monoisotopic (exact) mass is 586 g/mol. The minimum atomic E-state index is -1.85. The Kier molecular flexibility index (Phi) is 6.89. The molecule has 2 atom stereocenters. The number of hydrogen-bond acceptors (Lipinski definition) is 1. The van der Waals surface area contributed by atoms with E-state index < -0.39 is 10.0 Å². The fourth-order valence-corrected chi connectivity index (χ4v) is 11.6. The quantitative estimate of drug-likeness (QED) is 0.185. The average Bonchev–Trinajstić information content (AvgIpc) is 3.46. The molecule has 2 heterocycles. The van der Waals surface area contributed by atoms with E-state index in [4.69, 9.17) is 4.99 Å². The Hall–Kier alpha value is -4.86. The molecule has 8 rings (SSSR count). The van der Waals surface area contributed by atoms with Gasteiger partial charge in [-0.25, -0.2) is 0 Å². The van der Waals surface area contributed by atoms with Gasteiger partial charge in [-0.15, -0.1) is 10.0 Å². The van der Waals surface area contributed by atoms with Crippen molar-refractivity contribution >= 4 is 37.5 Å². The lowest BCUT2D eigenvalue weighted by Crippen LogP contribution is -2.24. The summed E-state index contributed by atoms with van der Waals surface area (Å²) < 4.78 is 2.50. The Bertz CT molecular complexity index is 2080. The molecule has 2 unspecified atom stereocenters. The molecule has 0 saturated heterocycles. The number of benzene rings is 5. The molecule has 0 N–H and O–H groups in total. The van der Waals surface area contributed by atoms with Gasteiger partial charge in [-0.3, -0.25) is 4.99 Å². The number of aliphatic imine (C=N–C) groups is 1. The molecule has 0 radical (unpaired) electrons. The third-order valence-electron chi connectivity index (χ3n) is 8.90. The van der Waals surface area contributed by atoms with Gasteiger partial charge in [0.25, 0.3) is 0 Å². The van der Waals surface area contributed by atoms with Gasteiger partial charge in [-0.2, -0.15) is 0 Å². The van der Waals surface area contributed by atoms with Crippen LogP contribution < -0.4 is 0 Å². The number of aromatic nitrogens is 1. The molecule has 1 aliphatic carbocycles. The van der Waals surface area contributed by atoms with Crippen LogP contribution >= 0.6 is 10.0 Å². The van der Waals surface area contributed by atoms with E-state index in [1.807, 2.05) is 0 Å². The Balaban J connectivity index is 1.52. The largest absolute Gasteiger partial charge is 0.308 e. The van der Waals surface area contributed by atoms with Crippen molar-refractivity contribution in [2.75, 3.05) is 0 Å². The number of fused-ring (bicyclic) bond motifs is 3. The molecule has 214 valence electrons. The molecule has 6 aromatic rings. The number of dihydropyridines is 1. The summed E-state index contributed by atoms with van der Waals surface area (Å²) in [5, 5.41) is 2.63. The summed E-state index contributed by atoms with van der Waals surface area (Å²) in [5.41, 5.74) is 5.95. The molecular weight excluding hydrogens is 553 g/mol. The number of allylic oxidation sites excluding steroid dienone is 5. The predicted molar refractivity (Wildman–Crippen MR) is 188 cm³/mol. The Morgan fingerprint density at radius 3 is 2.14 bits per heavy atom. The van der Waals surface area contributed by atoms with Gasteiger partial charge in [0, 0.05) is 21.4 Å². The second kappa shape index (κ2) is 11.3. The summed E-state index contributed by atoms with van der Waals surface area (Å²) in [6.07, 6.45) is 14.5. The standard InChI is InChI=1S/C41H34N2S/c1-5-17-31(18-6-1)37-27-16-30-40(42-37)44(33-21-9-3-10-22-33,34-23-11-4-12-24-34)39-29-15-26-36-35-25-13-14-28-38(35)43(41(36)39)32-19-7-2-8-20-32/h1-11,13-23,25-29,40H,12,24,30H2. The van der Waals surface area contributed by atoms with E-state index in [0.717, 1.165) is 25.0 Å². The van der Waals surface area contributed by atoms with Crippen molar-refractivity contribution < 1.29 is 0 Å². The molecule has 0 spiro atoms. The maximum absolute atomic E-state index is 5.71. The summed E-state index contributed by atoms with van der Waals surface area (Å²) in [4.78, 5) is 9.97. The second-order valence-corrected chi connectivity index (χ2v) is 14.7. The normalized spacial score (nSPS) is 18.5. The molecule has 2 aliphatic rings. The van der Waals surface area contributed by atoms with Gasteiger partial charge in [0.05, 0.1) is 22.1 Å². The predicted octanol–water partition coefficient (Wildman–Crippen LogP) is 11.0. The van der Waals surface area contributed by atoms with Gasteiger partial charge in [0.2, 0.25) is 0 Å². The van der Waals surface area contributed by atoms with E-state index >= 15 is 0 Å². The lowest BCUT2D eigenvalue weighted by molar-refractivity contribution is 0.892. The molecule has 0 amide bonds. The Morgan fingerprint density at radius 2 is 1.36 bits per heavy atom. The zero-order chi connectivity index (χ0) is 29.3. The zero-order valence-electron chi connectivity index (χ0n) is 24.6. The topological polar surface area (TPSA) is 17.3 Å². The highest BCUT2D eigenvalue weighted by molar-refractivity contribution is 8.37. The van der Waals surface area contributed by atoms with Crippen LogP contribution in [0, 0.1) is 0 Å². The summed E-state index contributed by atoms with van der Waals surface area (Å²) in [6, 6.07) is 48.7. The van der Waals surface area contributed by atoms with Crippen LogP contribution in [0.2, 0.25) is 0 Å². The molecule has 2 nitrogen and oxygen atoms in total. The van der Waals surface area contributed by atoms with Crippen molar-refractivity contribution in [2.24, 2.45) is 4.99 Å². The fraction of sp³-hybridized carbons (Fsp3) is 0.0976. The van der Waals surface area contributed by atoms with E-state index in [-0.39, 0.29) is 5.37 Å². The highest BCUT2D eigenvalue weighted by Gasteiger charge is 2.42. The molecule has 0 fully saturated rings. The van der Waals surface area contributed by atoms with E-state index in [1.165, 1.54) is 47.8 Å². The maximum atomic E-state index is 5.71. The van der Waals surface area contributed by atoms with Gasteiger partial charge >= 0.3 is 0 Å². The van der Waals surface area contributed by atoms with Gasteiger partial charge < -0.3 is 4.57 Å². The maximum Gasteiger partial charge on any atom is 0.0953 e. The van der Waals surface area contributed by atoms with Crippen molar-refractivity contribution in [3.8, 4) is 5.69 Å². The Morgan fingerprint density at radius 1 is 0.659 bits per heavy atom. The molecule has 0 saturated carbocycles. The van der Waals surface area contributed by atoms with Crippen molar-refractivity contribution in [3.63, 3.8) is 0 Å². The molecule has 0 bridgehead atoms.